The van der Waals surface area contributed by atoms with Crippen LogP contribution in [0.15, 0.2) is 12.1 Å². The minimum Gasteiger partial charge on any atom is -0.330 e. The van der Waals surface area contributed by atoms with Gasteiger partial charge in [-0.2, -0.15) is 0 Å². The number of hydrogen-bond donors (Lipinski definition) is 1. The summed E-state index contributed by atoms with van der Waals surface area (Å²) >= 11 is 0. The van der Waals surface area contributed by atoms with Crippen molar-refractivity contribution < 1.29 is 0 Å². The Morgan fingerprint density at radius 2 is 1.69 bits per heavy atom. The third kappa shape index (κ3) is 3.12. The SMILES string of the molecule is CCc1cc(C)cc(CC)c1C#CCCN. The van der Waals surface area contributed by atoms with Crippen LogP contribution in [0.25, 0.3) is 0 Å². The molecular weight excluding hydrogens is 194 g/mol. The molecule has 1 rings (SSSR count). The second kappa shape index (κ2) is 6.35. The molecule has 2 N–H and O–H groups in total. The van der Waals surface area contributed by atoms with Gasteiger partial charge in [0.15, 0.2) is 0 Å². The summed E-state index contributed by atoms with van der Waals surface area (Å²) < 4.78 is 0. The topological polar surface area (TPSA) is 26.0 Å². The van der Waals surface area contributed by atoms with Gasteiger partial charge in [0.2, 0.25) is 0 Å². The van der Waals surface area contributed by atoms with Gasteiger partial charge >= 0.3 is 0 Å². The smallest absolute Gasteiger partial charge is 0.0309 e. The quantitative estimate of drug-likeness (QED) is 0.771. The van der Waals surface area contributed by atoms with E-state index in [4.69, 9.17) is 5.73 Å². The Hall–Kier alpha value is -1.26. The van der Waals surface area contributed by atoms with Gasteiger partial charge in [-0.3, -0.25) is 0 Å². The van der Waals surface area contributed by atoms with Gasteiger partial charge in [-0.25, -0.2) is 0 Å². The van der Waals surface area contributed by atoms with Crippen molar-refractivity contribution in [2.45, 2.75) is 40.0 Å². The highest BCUT2D eigenvalue weighted by Crippen LogP contribution is 2.18. The molecule has 0 bridgehead atoms. The molecule has 0 aliphatic carbocycles. The zero-order chi connectivity index (χ0) is 12.0. The van der Waals surface area contributed by atoms with Crippen LogP contribution in [0.4, 0.5) is 0 Å². The third-order valence-corrected chi connectivity index (χ3v) is 2.69. The first kappa shape index (κ1) is 12.8. The Morgan fingerprint density at radius 3 is 2.12 bits per heavy atom. The van der Waals surface area contributed by atoms with Crippen molar-refractivity contribution in [3.8, 4) is 11.8 Å². The number of aryl methyl sites for hydroxylation is 3. The monoisotopic (exact) mass is 215 g/mol. The lowest BCUT2D eigenvalue weighted by Crippen LogP contribution is -1.98. The van der Waals surface area contributed by atoms with E-state index in [1.54, 1.807) is 0 Å². The van der Waals surface area contributed by atoms with E-state index in [0.29, 0.717) is 6.54 Å². The Balaban J connectivity index is 3.18. The zero-order valence-electron chi connectivity index (χ0n) is 10.6. The van der Waals surface area contributed by atoms with Gasteiger partial charge in [0.1, 0.15) is 0 Å². The third-order valence-electron chi connectivity index (χ3n) is 2.69. The van der Waals surface area contributed by atoms with E-state index in [9.17, 15) is 0 Å². The van der Waals surface area contributed by atoms with E-state index < -0.39 is 0 Å². The number of benzene rings is 1. The summed E-state index contributed by atoms with van der Waals surface area (Å²) in [5, 5.41) is 0. The molecule has 0 heterocycles. The van der Waals surface area contributed by atoms with Crippen LogP contribution in [0, 0.1) is 18.8 Å². The van der Waals surface area contributed by atoms with E-state index in [-0.39, 0.29) is 0 Å². The van der Waals surface area contributed by atoms with Gasteiger partial charge in [-0.05, 0) is 30.9 Å². The van der Waals surface area contributed by atoms with E-state index in [1.165, 1.54) is 22.3 Å². The summed E-state index contributed by atoms with van der Waals surface area (Å²) in [5.74, 6) is 6.43. The van der Waals surface area contributed by atoms with Crippen LogP contribution in [-0.2, 0) is 12.8 Å². The van der Waals surface area contributed by atoms with Crippen LogP contribution in [0.5, 0.6) is 0 Å². The largest absolute Gasteiger partial charge is 0.330 e. The normalized spacial score (nSPS) is 9.75. The van der Waals surface area contributed by atoms with Crippen molar-refractivity contribution in [3.63, 3.8) is 0 Å². The molecule has 0 fully saturated rings. The Labute approximate surface area is 99.1 Å². The van der Waals surface area contributed by atoms with Crippen LogP contribution >= 0.6 is 0 Å². The summed E-state index contributed by atoms with van der Waals surface area (Å²) in [6.07, 6.45) is 2.86. The molecule has 1 aromatic carbocycles. The molecule has 0 aromatic heterocycles. The van der Waals surface area contributed by atoms with Crippen molar-refractivity contribution in [1.82, 2.24) is 0 Å². The van der Waals surface area contributed by atoms with Gasteiger partial charge in [0, 0.05) is 18.5 Å². The molecule has 0 aliphatic heterocycles. The first-order valence-corrected chi connectivity index (χ1v) is 6.04. The van der Waals surface area contributed by atoms with Gasteiger partial charge < -0.3 is 5.73 Å². The second-order valence-corrected chi connectivity index (χ2v) is 4.01. The van der Waals surface area contributed by atoms with Gasteiger partial charge in [-0.15, -0.1) is 0 Å². The Bertz CT molecular complexity index is 382. The average molecular weight is 215 g/mol. The van der Waals surface area contributed by atoms with Crippen molar-refractivity contribution in [2.75, 3.05) is 6.54 Å². The Morgan fingerprint density at radius 1 is 1.12 bits per heavy atom. The molecule has 0 amide bonds. The molecule has 1 aromatic rings. The predicted octanol–water partition coefficient (Wildman–Crippen LogP) is 2.82. The van der Waals surface area contributed by atoms with Crippen LogP contribution in [0.3, 0.4) is 0 Å². The molecule has 0 saturated heterocycles. The molecule has 0 spiro atoms. The molecule has 0 saturated carbocycles. The van der Waals surface area contributed by atoms with Gasteiger partial charge in [0.25, 0.3) is 0 Å². The standard InChI is InChI=1S/C15H21N/c1-4-13-10-12(3)11-14(5-2)15(13)8-6-7-9-16/h10-11H,4-5,7,9,16H2,1-3H3. The summed E-state index contributed by atoms with van der Waals surface area (Å²) in [6, 6.07) is 4.48. The van der Waals surface area contributed by atoms with E-state index in [1.807, 2.05) is 0 Å². The first-order valence-electron chi connectivity index (χ1n) is 6.04. The predicted molar refractivity (Wildman–Crippen MR) is 70.5 cm³/mol. The summed E-state index contributed by atoms with van der Waals surface area (Å²) in [4.78, 5) is 0. The highest BCUT2D eigenvalue weighted by atomic mass is 14.5. The first-order chi connectivity index (χ1) is 7.72. The van der Waals surface area contributed by atoms with Gasteiger partial charge in [-0.1, -0.05) is 43.4 Å². The van der Waals surface area contributed by atoms with Crippen LogP contribution in [0.1, 0.15) is 42.5 Å². The number of rotatable bonds is 3. The fourth-order valence-electron chi connectivity index (χ4n) is 1.88. The lowest BCUT2D eigenvalue weighted by molar-refractivity contribution is 1.03. The lowest BCUT2D eigenvalue weighted by Gasteiger charge is -2.09. The molecule has 0 atom stereocenters. The minimum atomic E-state index is 0.641. The molecular formula is C15H21N. The Kier molecular flexibility index (Phi) is 5.08. The van der Waals surface area contributed by atoms with Crippen LogP contribution < -0.4 is 5.73 Å². The lowest BCUT2D eigenvalue weighted by atomic mass is 9.95. The van der Waals surface area contributed by atoms with Gasteiger partial charge in [0.05, 0.1) is 0 Å². The summed E-state index contributed by atoms with van der Waals surface area (Å²) in [7, 11) is 0. The molecule has 0 unspecified atom stereocenters. The second-order valence-electron chi connectivity index (χ2n) is 4.01. The summed E-state index contributed by atoms with van der Waals surface area (Å²) in [5.41, 5.74) is 10.7. The van der Waals surface area contributed by atoms with E-state index in [2.05, 4.69) is 44.7 Å². The maximum atomic E-state index is 5.46. The van der Waals surface area contributed by atoms with Crippen molar-refractivity contribution in [2.24, 2.45) is 5.73 Å². The number of hydrogen-bond acceptors (Lipinski definition) is 1. The summed E-state index contributed by atoms with van der Waals surface area (Å²) in [6.45, 7) is 7.15. The van der Waals surface area contributed by atoms with Crippen LogP contribution in [0.2, 0.25) is 0 Å². The number of nitrogens with two attached hydrogens (primary N) is 1. The fourth-order valence-corrected chi connectivity index (χ4v) is 1.88. The molecule has 86 valence electrons. The minimum absolute atomic E-state index is 0.641. The van der Waals surface area contributed by atoms with E-state index in [0.717, 1.165) is 19.3 Å². The van der Waals surface area contributed by atoms with Crippen molar-refractivity contribution >= 4 is 0 Å². The van der Waals surface area contributed by atoms with Crippen LogP contribution in [-0.4, -0.2) is 6.54 Å². The fraction of sp³-hybridized carbons (Fsp3) is 0.467. The maximum absolute atomic E-state index is 5.46. The van der Waals surface area contributed by atoms with E-state index >= 15 is 0 Å². The highest BCUT2D eigenvalue weighted by molar-refractivity contribution is 5.49. The maximum Gasteiger partial charge on any atom is 0.0309 e. The van der Waals surface area contributed by atoms with Crippen molar-refractivity contribution in [1.29, 1.82) is 0 Å². The molecule has 0 radical (unpaired) electrons. The zero-order valence-corrected chi connectivity index (χ0v) is 10.6. The molecule has 1 nitrogen and oxygen atoms in total. The molecule has 1 heteroatoms. The molecule has 0 aliphatic rings. The average Bonchev–Trinajstić information content (AvgIpc) is 2.30. The molecule has 16 heavy (non-hydrogen) atoms. The van der Waals surface area contributed by atoms with Crippen molar-refractivity contribution in [3.05, 3.63) is 34.4 Å². The highest BCUT2D eigenvalue weighted by Gasteiger charge is 2.04.